The molecule has 0 saturated carbocycles. The number of hydrogen-bond donors (Lipinski definition) is 0. The quantitative estimate of drug-likeness (QED) is 0.644. The zero-order chi connectivity index (χ0) is 17.9. The normalized spacial score (nSPS) is 14.8. The Morgan fingerprint density at radius 2 is 1.88 bits per heavy atom. The number of amides is 2. The number of thiazole rings is 1. The Labute approximate surface area is 158 Å². The van der Waals surface area contributed by atoms with Crippen LogP contribution in [0.15, 0.2) is 51.6 Å². The number of thioether (sulfide) groups is 1. The maximum atomic E-state index is 12.5. The summed E-state index contributed by atoms with van der Waals surface area (Å²) in [4.78, 5) is 32.9. The Hall–Kier alpha value is -2.32. The Balaban J connectivity index is 1.29. The summed E-state index contributed by atoms with van der Waals surface area (Å²) in [6, 6.07) is 9.63. The van der Waals surface area contributed by atoms with Crippen LogP contribution in [0, 0.1) is 0 Å². The van der Waals surface area contributed by atoms with Crippen LogP contribution in [0.5, 0.6) is 0 Å². The second kappa shape index (κ2) is 7.51. The summed E-state index contributed by atoms with van der Waals surface area (Å²) >= 11 is 3.08. The van der Waals surface area contributed by atoms with Gasteiger partial charge in [-0.05, 0) is 18.2 Å². The van der Waals surface area contributed by atoms with E-state index in [9.17, 15) is 9.59 Å². The number of carbonyl (C=O) groups excluding carboxylic acids is 2. The van der Waals surface area contributed by atoms with E-state index in [-0.39, 0.29) is 11.8 Å². The van der Waals surface area contributed by atoms with E-state index < -0.39 is 0 Å². The molecule has 0 unspecified atom stereocenters. The van der Waals surface area contributed by atoms with Crippen LogP contribution in [0.4, 0.5) is 0 Å². The molecule has 2 amide bonds. The van der Waals surface area contributed by atoms with Crippen molar-refractivity contribution in [1.82, 2.24) is 14.8 Å². The van der Waals surface area contributed by atoms with Crippen LogP contribution in [0.25, 0.3) is 10.2 Å². The first-order chi connectivity index (χ1) is 12.7. The highest BCUT2D eigenvalue weighted by atomic mass is 32.2. The lowest BCUT2D eigenvalue weighted by molar-refractivity contribution is -0.129. The van der Waals surface area contributed by atoms with Crippen LogP contribution in [0.3, 0.4) is 0 Å². The minimum atomic E-state index is -0.0466. The van der Waals surface area contributed by atoms with Gasteiger partial charge in [0.05, 0.1) is 27.8 Å². The number of rotatable bonds is 4. The molecule has 0 N–H and O–H groups in total. The Morgan fingerprint density at radius 3 is 2.62 bits per heavy atom. The van der Waals surface area contributed by atoms with E-state index in [4.69, 9.17) is 4.42 Å². The van der Waals surface area contributed by atoms with E-state index in [1.807, 2.05) is 29.2 Å². The zero-order valence-corrected chi connectivity index (χ0v) is 15.6. The lowest BCUT2D eigenvalue weighted by Crippen LogP contribution is -2.51. The Kier molecular flexibility index (Phi) is 4.94. The van der Waals surface area contributed by atoms with Gasteiger partial charge in [-0.1, -0.05) is 23.9 Å². The van der Waals surface area contributed by atoms with Crippen molar-refractivity contribution in [2.24, 2.45) is 0 Å². The van der Waals surface area contributed by atoms with E-state index in [2.05, 4.69) is 4.98 Å². The molecule has 1 aliphatic rings. The third-order valence-corrected chi connectivity index (χ3v) is 6.45. The van der Waals surface area contributed by atoms with Crippen molar-refractivity contribution in [2.75, 3.05) is 31.9 Å². The van der Waals surface area contributed by atoms with Gasteiger partial charge in [-0.3, -0.25) is 9.59 Å². The minimum absolute atomic E-state index is 0.0466. The number of aromatic nitrogens is 1. The smallest absolute Gasteiger partial charge is 0.257 e. The monoisotopic (exact) mass is 387 g/mol. The van der Waals surface area contributed by atoms with Crippen molar-refractivity contribution in [1.29, 1.82) is 0 Å². The van der Waals surface area contributed by atoms with E-state index in [1.54, 1.807) is 22.3 Å². The highest BCUT2D eigenvalue weighted by molar-refractivity contribution is 8.01. The summed E-state index contributed by atoms with van der Waals surface area (Å²) in [5.41, 5.74) is 1.52. The number of furan rings is 1. The third kappa shape index (κ3) is 3.61. The van der Waals surface area contributed by atoms with Gasteiger partial charge < -0.3 is 14.2 Å². The molecule has 1 saturated heterocycles. The van der Waals surface area contributed by atoms with Gasteiger partial charge in [0, 0.05) is 26.2 Å². The van der Waals surface area contributed by atoms with E-state index >= 15 is 0 Å². The first-order valence-electron chi connectivity index (χ1n) is 8.28. The van der Waals surface area contributed by atoms with Crippen molar-refractivity contribution >= 4 is 45.1 Å². The minimum Gasteiger partial charge on any atom is -0.472 e. The van der Waals surface area contributed by atoms with Gasteiger partial charge in [0.15, 0.2) is 4.34 Å². The van der Waals surface area contributed by atoms with Crippen LogP contribution in [0.2, 0.25) is 0 Å². The molecule has 2 aromatic heterocycles. The molecule has 134 valence electrons. The number of para-hydroxylation sites is 1. The molecule has 0 atom stereocenters. The fourth-order valence-electron chi connectivity index (χ4n) is 2.86. The molecule has 4 rings (SSSR count). The SMILES string of the molecule is O=C(CSc1nc2ccccc2s1)N1CCN(C(=O)c2ccoc2)CC1. The van der Waals surface area contributed by atoms with E-state index in [1.165, 1.54) is 24.3 Å². The van der Waals surface area contributed by atoms with Gasteiger partial charge in [-0.25, -0.2) is 4.98 Å². The third-order valence-electron chi connectivity index (χ3n) is 4.28. The second-order valence-electron chi connectivity index (χ2n) is 5.92. The van der Waals surface area contributed by atoms with Crippen LogP contribution in [-0.4, -0.2) is 58.5 Å². The molecule has 0 radical (unpaired) electrons. The molecule has 1 fully saturated rings. The lowest BCUT2D eigenvalue weighted by atomic mass is 10.2. The molecule has 1 aliphatic heterocycles. The molecule has 0 bridgehead atoms. The van der Waals surface area contributed by atoms with Crippen LogP contribution >= 0.6 is 23.1 Å². The van der Waals surface area contributed by atoms with Crippen molar-refractivity contribution < 1.29 is 14.0 Å². The van der Waals surface area contributed by atoms with Gasteiger partial charge >= 0.3 is 0 Å². The van der Waals surface area contributed by atoms with Crippen molar-refractivity contribution in [2.45, 2.75) is 4.34 Å². The molecule has 8 heteroatoms. The summed E-state index contributed by atoms with van der Waals surface area (Å²) in [6.45, 7) is 2.20. The molecular weight excluding hydrogens is 370 g/mol. The fraction of sp³-hybridized carbons (Fsp3) is 0.278. The number of carbonyl (C=O) groups is 2. The summed E-state index contributed by atoms with van der Waals surface area (Å²) in [6.07, 6.45) is 2.95. The molecule has 3 heterocycles. The summed E-state index contributed by atoms with van der Waals surface area (Å²) in [7, 11) is 0. The topological polar surface area (TPSA) is 66.7 Å². The lowest BCUT2D eigenvalue weighted by Gasteiger charge is -2.34. The van der Waals surface area contributed by atoms with Gasteiger partial charge in [-0.2, -0.15) is 0 Å². The van der Waals surface area contributed by atoms with Gasteiger partial charge in [0.2, 0.25) is 5.91 Å². The number of nitrogens with zero attached hydrogens (tertiary/aromatic N) is 3. The first-order valence-corrected chi connectivity index (χ1v) is 10.1. The standard InChI is InChI=1S/C18H17N3O3S2/c22-16(12-25-18-19-14-3-1-2-4-15(14)26-18)20-6-8-21(9-7-20)17(23)13-5-10-24-11-13/h1-5,10-11H,6-9,12H2. The van der Waals surface area contributed by atoms with Crippen LogP contribution in [-0.2, 0) is 4.79 Å². The molecule has 3 aromatic rings. The average molecular weight is 387 g/mol. The first kappa shape index (κ1) is 17.1. The molecular formula is C18H17N3O3S2. The summed E-state index contributed by atoms with van der Waals surface area (Å²) in [5, 5.41) is 0. The number of benzene rings is 1. The summed E-state index contributed by atoms with van der Waals surface area (Å²) < 4.78 is 7.01. The Bertz CT molecular complexity index is 882. The molecule has 6 nitrogen and oxygen atoms in total. The maximum Gasteiger partial charge on any atom is 0.257 e. The fourth-order valence-corrected chi connectivity index (χ4v) is 4.83. The van der Waals surface area contributed by atoms with Crippen molar-refractivity contribution in [3.63, 3.8) is 0 Å². The predicted octanol–water partition coefficient (Wildman–Crippen LogP) is 2.97. The number of fused-ring (bicyclic) bond motifs is 1. The summed E-state index contributed by atoms with van der Waals surface area (Å²) in [5.74, 6) is 0.412. The largest absolute Gasteiger partial charge is 0.472 e. The maximum absolute atomic E-state index is 12.5. The van der Waals surface area contributed by atoms with Crippen molar-refractivity contribution in [3.05, 3.63) is 48.4 Å². The second-order valence-corrected chi connectivity index (χ2v) is 8.17. The highest BCUT2D eigenvalue weighted by Crippen LogP contribution is 2.29. The van der Waals surface area contributed by atoms with Crippen LogP contribution in [0.1, 0.15) is 10.4 Å². The van der Waals surface area contributed by atoms with Crippen LogP contribution < -0.4 is 0 Å². The zero-order valence-electron chi connectivity index (χ0n) is 14.0. The Morgan fingerprint density at radius 1 is 1.12 bits per heavy atom. The molecule has 1 aromatic carbocycles. The highest BCUT2D eigenvalue weighted by Gasteiger charge is 2.25. The molecule has 0 aliphatic carbocycles. The average Bonchev–Trinajstić information content (AvgIpc) is 3.35. The van der Waals surface area contributed by atoms with Gasteiger partial charge in [0.1, 0.15) is 6.26 Å². The van der Waals surface area contributed by atoms with Crippen molar-refractivity contribution in [3.8, 4) is 0 Å². The predicted molar refractivity (Wildman–Crippen MR) is 102 cm³/mol. The molecule has 26 heavy (non-hydrogen) atoms. The number of hydrogen-bond acceptors (Lipinski definition) is 6. The van der Waals surface area contributed by atoms with E-state index in [0.717, 1.165) is 14.6 Å². The molecule has 0 spiro atoms. The van der Waals surface area contributed by atoms with Gasteiger partial charge in [0.25, 0.3) is 5.91 Å². The van der Waals surface area contributed by atoms with Gasteiger partial charge in [-0.15, -0.1) is 11.3 Å². The number of piperazine rings is 1. The van der Waals surface area contributed by atoms with E-state index in [0.29, 0.717) is 37.5 Å².